The van der Waals surface area contributed by atoms with Crippen LogP contribution in [-0.4, -0.2) is 69.3 Å². The van der Waals surface area contributed by atoms with E-state index < -0.39 is 0 Å². The molecule has 31 heavy (non-hydrogen) atoms. The molecule has 5 rings (SSSR count). The maximum atomic E-state index is 13.7. The van der Waals surface area contributed by atoms with E-state index in [1.807, 2.05) is 41.1 Å². The van der Waals surface area contributed by atoms with Gasteiger partial charge in [-0.05, 0) is 65.2 Å². The summed E-state index contributed by atoms with van der Waals surface area (Å²) in [6.45, 7) is 4.70. The van der Waals surface area contributed by atoms with Gasteiger partial charge in [0.15, 0.2) is 5.82 Å². The van der Waals surface area contributed by atoms with Crippen LogP contribution in [0.2, 0.25) is 0 Å². The molecule has 0 saturated carbocycles. The quantitative estimate of drug-likeness (QED) is 0.609. The molecule has 3 heterocycles. The molecule has 1 aromatic heterocycles. The first-order valence-corrected chi connectivity index (χ1v) is 10.8. The normalized spacial score (nSPS) is 20.5. The van der Waals surface area contributed by atoms with E-state index in [0.717, 1.165) is 42.3 Å². The minimum atomic E-state index is -0.235. The highest BCUT2D eigenvalue weighted by molar-refractivity contribution is 5.29. The molecule has 2 aliphatic rings. The molecule has 0 spiro atoms. The zero-order valence-electron chi connectivity index (χ0n) is 17.7. The Morgan fingerprint density at radius 3 is 2.65 bits per heavy atom. The molecule has 0 radical (unpaired) electrons. The summed E-state index contributed by atoms with van der Waals surface area (Å²) in [5.74, 6) is 1.37. The number of tetrazole rings is 1. The average molecular weight is 423 g/mol. The third-order valence-electron chi connectivity index (χ3n) is 6.47. The summed E-state index contributed by atoms with van der Waals surface area (Å²) in [5.41, 5.74) is 2.10. The van der Waals surface area contributed by atoms with Gasteiger partial charge < -0.3 is 4.74 Å². The summed E-state index contributed by atoms with van der Waals surface area (Å²) in [6, 6.07) is 15.1. The molecule has 7 nitrogen and oxygen atoms in total. The van der Waals surface area contributed by atoms with E-state index in [0.29, 0.717) is 12.6 Å². The molecule has 2 atom stereocenters. The Morgan fingerprint density at radius 1 is 1.06 bits per heavy atom. The molecule has 162 valence electrons. The van der Waals surface area contributed by atoms with Crippen LogP contribution in [0.25, 0.3) is 0 Å². The lowest BCUT2D eigenvalue weighted by Crippen LogP contribution is -2.51. The van der Waals surface area contributed by atoms with E-state index >= 15 is 0 Å². The van der Waals surface area contributed by atoms with Crippen molar-refractivity contribution in [1.82, 2.24) is 30.0 Å². The van der Waals surface area contributed by atoms with Gasteiger partial charge in [-0.2, -0.15) is 0 Å². The monoisotopic (exact) mass is 422 g/mol. The Balaban J connectivity index is 1.46. The number of piperazine rings is 1. The van der Waals surface area contributed by atoms with Gasteiger partial charge in [-0.15, -0.1) is 5.10 Å². The van der Waals surface area contributed by atoms with Crippen LogP contribution in [0.3, 0.4) is 0 Å². The molecule has 2 aliphatic heterocycles. The topological polar surface area (TPSA) is 59.3 Å². The molecule has 2 saturated heterocycles. The van der Waals surface area contributed by atoms with E-state index in [1.54, 1.807) is 7.11 Å². The van der Waals surface area contributed by atoms with Crippen LogP contribution < -0.4 is 4.74 Å². The van der Waals surface area contributed by atoms with Crippen LogP contribution in [0.5, 0.6) is 5.75 Å². The second-order valence-corrected chi connectivity index (χ2v) is 8.32. The maximum Gasteiger partial charge on any atom is 0.173 e. The highest BCUT2D eigenvalue weighted by Gasteiger charge is 2.36. The number of halogens is 1. The van der Waals surface area contributed by atoms with Crippen molar-refractivity contribution in [1.29, 1.82) is 0 Å². The molecule has 2 aromatic carbocycles. The number of rotatable bonds is 6. The number of hydrogen-bond acceptors (Lipinski definition) is 6. The highest BCUT2D eigenvalue weighted by Crippen LogP contribution is 2.32. The second-order valence-electron chi connectivity index (χ2n) is 8.32. The maximum absolute atomic E-state index is 13.7. The molecule has 8 heteroatoms. The Morgan fingerprint density at radius 2 is 1.87 bits per heavy atom. The van der Waals surface area contributed by atoms with E-state index in [4.69, 9.17) is 4.74 Å². The van der Waals surface area contributed by atoms with Gasteiger partial charge in [-0.3, -0.25) is 9.80 Å². The van der Waals surface area contributed by atoms with Crippen LogP contribution in [0.4, 0.5) is 4.39 Å². The fraction of sp³-hybridized carbons (Fsp3) is 0.435. The first kappa shape index (κ1) is 20.1. The zero-order valence-corrected chi connectivity index (χ0v) is 17.7. The van der Waals surface area contributed by atoms with Crippen LogP contribution in [-0.2, 0) is 6.54 Å². The highest BCUT2D eigenvalue weighted by atomic mass is 19.1. The number of ether oxygens (including phenoxy) is 1. The lowest BCUT2D eigenvalue weighted by molar-refractivity contribution is 0.0794. The van der Waals surface area contributed by atoms with E-state index in [-0.39, 0.29) is 11.9 Å². The van der Waals surface area contributed by atoms with Crippen LogP contribution in [0.1, 0.15) is 35.8 Å². The van der Waals surface area contributed by atoms with Crippen molar-refractivity contribution in [2.45, 2.75) is 31.5 Å². The number of benzene rings is 2. The summed E-state index contributed by atoms with van der Waals surface area (Å²) >= 11 is 0. The first-order chi connectivity index (χ1) is 15.2. The Labute approximate surface area is 181 Å². The second kappa shape index (κ2) is 8.72. The van der Waals surface area contributed by atoms with Gasteiger partial charge in [0.2, 0.25) is 0 Å². The van der Waals surface area contributed by atoms with Crippen LogP contribution >= 0.6 is 0 Å². The molecule has 2 unspecified atom stereocenters. The minimum absolute atomic E-state index is 0.114. The van der Waals surface area contributed by atoms with Crippen molar-refractivity contribution in [3.63, 3.8) is 0 Å². The molecule has 0 bridgehead atoms. The third-order valence-corrected chi connectivity index (χ3v) is 6.47. The van der Waals surface area contributed by atoms with Gasteiger partial charge in [0, 0.05) is 25.7 Å². The predicted octanol–water partition coefficient (Wildman–Crippen LogP) is 2.74. The van der Waals surface area contributed by atoms with E-state index in [1.165, 1.54) is 31.5 Å². The van der Waals surface area contributed by atoms with Crippen LogP contribution in [0.15, 0.2) is 48.5 Å². The molecule has 3 aromatic rings. The van der Waals surface area contributed by atoms with Gasteiger partial charge in [0.25, 0.3) is 0 Å². The van der Waals surface area contributed by atoms with Crippen molar-refractivity contribution >= 4 is 0 Å². The molecular formula is C23H27FN6O. The van der Waals surface area contributed by atoms with Crippen molar-refractivity contribution in [2.24, 2.45) is 0 Å². The number of methoxy groups -OCH3 is 1. The van der Waals surface area contributed by atoms with Crippen molar-refractivity contribution in [3.05, 3.63) is 71.3 Å². The fourth-order valence-electron chi connectivity index (χ4n) is 4.84. The molecule has 0 amide bonds. The first-order valence-electron chi connectivity index (χ1n) is 10.8. The van der Waals surface area contributed by atoms with Crippen LogP contribution in [0, 0.1) is 5.82 Å². The summed E-state index contributed by atoms with van der Waals surface area (Å²) in [5, 5.41) is 12.7. The summed E-state index contributed by atoms with van der Waals surface area (Å²) in [4.78, 5) is 5.04. The van der Waals surface area contributed by atoms with E-state index in [2.05, 4.69) is 25.3 Å². The number of fused-ring (bicyclic) bond motifs is 1. The van der Waals surface area contributed by atoms with Gasteiger partial charge in [-0.1, -0.05) is 24.3 Å². The lowest BCUT2D eigenvalue weighted by atomic mass is 10.0. The molecular weight excluding hydrogens is 395 g/mol. The Bertz CT molecular complexity index is 1010. The minimum Gasteiger partial charge on any atom is -0.497 e. The number of aromatic nitrogens is 4. The van der Waals surface area contributed by atoms with Gasteiger partial charge in [-0.25, -0.2) is 9.07 Å². The van der Waals surface area contributed by atoms with Crippen molar-refractivity contribution in [3.8, 4) is 5.75 Å². The standard InChI is InChI=1S/C23H27FN6O/c1-31-21-10-4-17(5-11-21)15-30-23(25-26-27-30)22(18-6-8-19(24)9-7-18)29-14-13-28-12-2-3-20(28)16-29/h4-11,20,22H,2-3,12-16H2,1H3. The Kier molecular flexibility index (Phi) is 5.65. The number of nitrogens with zero attached hydrogens (tertiary/aromatic N) is 6. The SMILES string of the molecule is COc1ccc(Cn2nnnc2C(c2ccc(F)cc2)N2CCN3CCCC3C2)cc1. The Hall–Kier alpha value is -2.84. The third kappa shape index (κ3) is 4.18. The molecule has 0 aliphatic carbocycles. The van der Waals surface area contributed by atoms with Gasteiger partial charge in [0.05, 0.1) is 19.7 Å². The summed E-state index contributed by atoms with van der Waals surface area (Å²) < 4.78 is 20.8. The van der Waals surface area contributed by atoms with Gasteiger partial charge >= 0.3 is 0 Å². The summed E-state index contributed by atoms with van der Waals surface area (Å²) in [7, 11) is 1.66. The van der Waals surface area contributed by atoms with E-state index in [9.17, 15) is 4.39 Å². The fourth-order valence-corrected chi connectivity index (χ4v) is 4.84. The average Bonchev–Trinajstić information content (AvgIpc) is 3.45. The van der Waals surface area contributed by atoms with Crippen molar-refractivity contribution in [2.75, 3.05) is 33.3 Å². The van der Waals surface area contributed by atoms with Gasteiger partial charge in [0.1, 0.15) is 11.6 Å². The number of hydrogen-bond donors (Lipinski definition) is 0. The zero-order chi connectivity index (χ0) is 21.2. The molecule has 2 fully saturated rings. The lowest BCUT2D eigenvalue weighted by Gasteiger charge is -2.41. The summed E-state index contributed by atoms with van der Waals surface area (Å²) in [6.07, 6.45) is 2.48. The van der Waals surface area contributed by atoms with Crippen molar-refractivity contribution < 1.29 is 9.13 Å². The largest absolute Gasteiger partial charge is 0.497 e. The predicted molar refractivity (Wildman–Crippen MR) is 114 cm³/mol. The molecule has 0 N–H and O–H groups in total. The smallest absolute Gasteiger partial charge is 0.173 e.